The van der Waals surface area contributed by atoms with E-state index < -0.39 is 0 Å². The lowest BCUT2D eigenvalue weighted by Gasteiger charge is -2.07. The largest absolute Gasteiger partial charge is 0.467 e. The summed E-state index contributed by atoms with van der Waals surface area (Å²) in [6.45, 7) is 1.63. The van der Waals surface area contributed by atoms with E-state index in [2.05, 4.69) is 46.7 Å². The first-order valence-electron chi connectivity index (χ1n) is 10.5. The summed E-state index contributed by atoms with van der Waals surface area (Å²) in [5.74, 6) is -0.486. The van der Waals surface area contributed by atoms with Gasteiger partial charge in [-0.1, -0.05) is 51.4 Å². The minimum atomic E-state index is -0.276. The molecule has 2 aromatic carbocycles. The van der Waals surface area contributed by atoms with Gasteiger partial charge in [0.2, 0.25) is 0 Å². The van der Waals surface area contributed by atoms with Gasteiger partial charge in [0.05, 0.1) is 20.8 Å². The van der Waals surface area contributed by atoms with E-state index in [1.165, 1.54) is 25.6 Å². The van der Waals surface area contributed by atoms with E-state index in [0.717, 1.165) is 49.9 Å². The first kappa shape index (κ1) is 29.3. The number of carbonyl (C=O) groups is 2. The fourth-order valence-corrected chi connectivity index (χ4v) is 5.26. The molecule has 3 N–H and O–H groups in total. The Morgan fingerprint density at radius 3 is 2.40 bits per heavy atom. The monoisotopic (exact) mass is 628 g/mol. The average Bonchev–Trinajstić information content (AvgIpc) is 3.57. The van der Waals surface area contributed by atoms with Gasteiger partial charge in [-0.25, -0.2) is 9.59 Å². The number of thiophene rings is 1. The van der Waals surface area contributed by atoms with Crippen LogP contribution in [0.25, 0.3) is 10.1 Å². The Hall–Kier alpha value is -1.98. The molecule has 0 amide bonds. The second kappa shape index (κ2) is 13.9. The predicted octanol–water partition coefficient (Wildman–Crippen LogP) is 5.78. The number of halogens is 2. The number of ether oxygens (including phenoxy) is 3. The van der Waals surface area contributed by atoms with Crippen LogP contribution in [-0.4, -0.2) is 51.5 Å². The Balaban J connectivity index is 0.000000196. The average molecular weight is 630 g/mol. The Kier molecular flexibility index (Phi) is 11.6. The molecule has 0 bridgehead atoms. The molecular weight excluding hydrogens is 600 g/mol. The van der Waals surface area contributed by atoms with E-state index in [4.69, 9.17) is 10.5 Å². The molecule has 2 unspecified atom stereocenters. The van der Waals surface area contributed by atoms with Crippen LogP contribution < -0.4 is 11.1 Å². The fraction of sp³-hybridized carbons (Fsp3) is 0.360. The summed E-state index contributed by atoms with van der Waals surface area (Å²) in [5, 5.41) is 4.19. The van der Waals surface area contributed by atoms with Crippen LogP contribution in [0.2, 0.25) is 0 Å². The number of hydrogen-bond acceptors (Lipinski definition) is 8. The van der Waals surface area contributed by atoms with Gasteiger partial charge in [-0.3, -0.25) is 0 Å². The molecule has 5 rings (SSSR count). The quantitative estimate of drug-likeness (QED) is 0.347. The maximum absolute atomic E-state index is 11.3. The fourth-order valence-electron chi connectivity index (χ4n) is 3.36. The summed E-state index contributed by atoms with van der Waals surface area (Å²) < 4.78 is 17.4. The first-order valence-corrected chi connectivity index (χ1v) is 12.9. The van der Waals surface area contributed by atoms with Crippen LogP contribution in [0.3, 0.4) is 0 Å². The van der Waals surface area contributed by atoms with Crippen LogP contribution in [0.15, 0.2) is 51.4 Å². The summed E-state index contributed by atoms with van der Waals surface area (Å²) in [5.41, 5.74) is 7.57. The Morgan fingerprint density at radius 1 is 1.09 bits per heavy atom. The van der Waals surface area contributed by atoms with E-state index in [9.17, 15) is 9.59 Å². The minimum absolute atomic E-state index is 0. The van der Waals surface area contributed by atoms with Crippen LogP contribution in [-0.2, 0) is 25.4 Å². The zero-order valence-corrected chi connectivity index (χ0v) is 22.8. The lowest BCUT2D eigenvalue weighted by atomic mass is 10.1. The molecule has 2 aliphatic rings. The Labute approximate surface area is 226 Å². The number of nitrogens with two attached hydrogens (primary N) is 1. The van der Waals surface area contributed by atoms with Crippen molar-refractivity contribution < 1.29 is 23.8 Å². The highest BCUT2D eigenvalue weighted by Crippen LogP contribution is 2.30. The van der Waals surface area contributed by atoms with Gasteiger partial charge < -0.3 is 25.3 Å². The van der Waals surface area contributed by atoms with Crippen molar-refractivity contribution in [2.75, 3.05) is 32.8 Å². The highest BCUT2D eigenvalue weighted by molar-refractivity contribution is 9.10. The molecule has 3 heterocycles. The Morgan fingerprint density at radius 2 is 1.80 bits per heavy atom. The molecule has 0 aliphatic carbocycles. The van der Waals surface area contributed by atoms with Crippen molar-refractivity contribution in [1.82, 2.24) is 0 Å². The Bertz CT molecular complexity index is 1150. The standard InChI is InChI=1S/C10H10BrNO2.C10H7BrO2S.C4H9NO.CH4/c1-14-10(13)9-4-6-2-3-7(11)5-8(6)12-9;1-13-10(12)9-4-6-2-3-7(11)5-8(6)14-9;5-4-1-2-6-3-4;/h2-3,5,9,12H,4H2,1H3;2-5H,1H3;4H,1-3,5H2;1H4. The molecule has 35 heavy (non-hydrogen) atoms. The number of methoxy groups -OCH3 is 2. The smallest absolute Gasteiger partial charge is 0.348 e. The number of hydrogen-bond donors (Lipinski definition) is 2. The van der Waals surface area contributed by atoms with Gasteiger partial charge in [0.15, 0.2) is 0 Å². The molecule has 190 valence electrons. The molecule has 1 aromatic heterocycles. The SMILES string of the molecule is C.COC(=O)C1Cc2ccc(Br)cc2N1.COC(=O)c1cc2ccc(Br)cc2s1.NC1CCOC1. The third kappa shape index (κ3) is 8.28. The number of nitrogens with one attached hydrogen (secondary N) is 1. The second-order valence-electron chi connectivity index (χ2n) is 7.63. The zero-order valence-electron chi connectivity index (χ0n) is 18.8. The summed E-state index contributed by atoms with van der Waals surface area (Å²) >= 11 is 8.21. The van der Waals surface area contributed by atoms with Crippen LogP contribution in [0.1, 0.15) is 29.1 Å². The van der Waals surface area contributed by atoms with Gasteiger partial charge >= 0.3 is 11.9 Å². The normalized spacial score (nSPS) is 17.5. The number of benzene rings is 2. The lowest BCUT2D eigenvalue weighted by molar-refractivity contribution is -0.141. The number of esters is 2. The third-order valence-corrected chi connectivity index (χ3v) is 7.21. The highest BCUT2D eigenvalue weighted by atomic mass is 79.9. The summed E-state index contributed by atoms with van der Waals surface area (Å²) in [6, 6.07) is 13.8. The van der Waals surface area contributed by atoms with Gasteiger partial charge in [-0.05, 0) is 47.7 Å². The molecule has 10 heteroatoms. The van der Waals surface area contributed by atoms with E-state index in [-0.39, 0.29) is 25.4 Å². The molecular formula is C25H30Br2N2O5S. The molecule has 3 aromatic rings. The van der Waals surface area contributed by atoms with Crippen molar-refractivity contribution in [1.29, 1.82) is 0 Å². The molecule has 1 fully saturated rings. The topological polar surface area (TPSA) is 99.9 Å². The maximum Gasteiger partial charge on any atom is 0.348 e. The predicted molar refractivity (Wildman–Crippen MR) is 148 cm³/mol. The van der Waals surface area contributed by atoms with Gasteiger partial charge in [0.1, 0.15) is 10.9 Å². The van der Waals surface area contributed by atoms with Crippen LogP contribution in [0, 0.1) is 0 Å². The third-order valence-electron chi connectivity index (χ3n) is 5.14. The van der Waals surface area contributed by atoms with Gasteiger partial charge in [0, 0.05) is 38.4 Å². The van der Waals surface area contributed by atoms with Gasteiger partial charge in [-0.15, -0.1) is 11.3 Å². The molecule has 7 nitrogen and oxygen atoms in total. The number of anilines is 1. The lowest BCUT2D eigenvalue weighted by Crippen LogP contribution is -2.27. The van der Waals surface area contributed by atoms with Crippen molar-refractivity contribution >= 4 is 70.9 Å². The molecule has 2 aliphatic heterocycles. The molecule has 0 spiro atoms. The van der Waals surface area contributed by atoms with Crippen LogP contribution in [0.4, 0.5) is 5.69 Å². The summed E-state index contributed by atoms with van der Waals surface area (Å²) in [7, 11) is 2.80. The second-order valence-corrected chi connectivity index (χ2v) is 10.5. The highest BCUT2D eigenvalue weighted by Gasteiger charge is 2.27. The van der Waals surface area contributed by atoms with Crippen molar-refractivity contribution in [2.45, 2.75) is 32.4 Å². The van der Waals surface area contributed by atoms with Crippen molar-refractivity contribution in [3.8, 4) is 0 Å². The first-order chi connectivity index (χ1) is 16.3. The zero-order chi connectivity index (χ0) is 24.7. The number of carbonyl (C=O) groups excluding carboxylic acids is 2. The van der Waals surface area contributed by atoms with Gasteiger partial charge in [-0.2, -0.15) is 0 Å². The molecule has 1 saturated heterocycles. The molecule has 0 saturated carbocycles. The summed E-state index contributed by atoms with van der Waals surface area (Å²) in [6.07, 6.45) is 1.75. The van der Waals surface area contributed by atoms with Gasteiger partial charge in [0.25, 0.3) is 0 Å². The van der Waals surface area contributed by atoms with Crippen LogP contribution in [0.5, 0.6) is 0 Å². The van der Waals surface area contributed by atoms with E-state index >= 15 is 0 Å². The molecule has 2 atom stereocenters. The van der Waals surface area contributed by atoms with E-state index in [0.29, 0.717) is 17.3 Å². The van der Waals surface area contributed by atoms with E-state index in [1.807, 2.05) is 42.5 Å². The van der Waals surface area contributed by atoms with Crippen LogP contribution >= 0.6 is 43.2 Å². The van der Waals surface area contributed by atoms with Crippen molar-refractivity contribution in [3.63, 3.8) is 0 Å². The van der Waals surface area contributed by atoms with Crippen molar-refractivity contribution in [2.24, 2.45) is 5.73 Å². The number of rotatable bonds is 2. The maximum atomic E-state index is 11.3. The minimum Gasteiger partial charge on any atom is -0.467 e. The van der Waals surface area contributed by atoms with Crippen molar-refractivity contribution in [3.05, 3.63) is 61.9 Å². The summed E-state index contributed by atoms with van der Waals surface area (Å²) in [4.78, 5) is 23.2. The molecule has 0 radical (unpaired) electrons. The van der Waals surface area contributed by atoms with E-state index in [1.54, 1.807) is 0 Å². The number of fused-ring (bicyclic) bond motifs is 2.